The summed E-state index contributed by atoms with van der Waals surface area (Å²) in [5, 5.41) is 19.5. The number of benzene rings is 1. The maximum absolute atomic E-state index is 10.6. The van der Waals surface area contributed by atoms with Gasteiger partial charge in [-0.2, -0.15) is 10.2 Å². The van der Waals surface area contributed by atoms with Crippen LogP contribution in [-0.4, -0.2) is 29.5 Å². The number of hydrogen-bond acceptors (Lipinski definition) is 4. The van der Waals surface area contributed by atoms with Crippen LogP contribution in [0.25, 0.3) is 22.5 Å². The lowest BCUT2D eigenvalue weighted by molar-refractivity contribution is 0.477. The van der Waals surface area contributed by atoms with E-state index in [9.17, 15) is 5.11 Å². The molecule has 0 aliphatic carbocycles. The van der Waals surface area contributed by atoms with Crippen LogP contribution in [0.4, 0.5) is 0 Å². The van der Waals surface area contributed by atoms with Crippen LogP contribution in [-0.2, 0) is 6.42 Å². The topological polar surface area (TPSA) is 68.2 Å². The third-order valence-corrected chi connectivity index (χ3v) is 4.35. The smallest absolute Gasteiger partial charge is 0.163 e. The van der Waals surface area contributed by atoms with Crippen LogP contribution >= 0.6 is 0 Å². The monoisotopic (exact) mass is 333 g/mol. The number of hydrogen-bond donors (Lipinski definition) is 1. The summed E-state index contributed by atoms with van der Waals surface area (Å²) in [4.78, 5) is 4.67. The molecule has 0 aliphatic rings. The summed E-state index contributed by atoms with van der Waals surface area (Å²) >= 11 is 0. The predicted octanol–water partition coefficient (Wildman–Crippen LogP) is 3.47. The van der Waals surface area contributed by atoms with Crippen molar-refractivity contribution in [3.05, 3.63) is 59.8 Å². The molecule has 25 heavy (non-hydrogen) atoms. The van der Waals surface area contributed by atoms with Crippen molar-refractivity contribution in [1.82, 2.24) is 24.4 Å². The van der Waals surface area contributed by atoms with Crippen LogP contribution in [0.15, 0.2) is 42.7 Å². The van der Waals surface area contributed by atoms with Crippen LogP contribution in [0.3, 0.4) is 0 Å². The number of fused-ring (bicyclic) bond motifs is 1. The third-order valence-electron chi connectivity index (χ3n) is 4.35. The molecule has 126 valence electrons. The molecule has 4 rings (SSSR count). The van der Waals surface area contributed by atoms with Crippen LogP contribution in [0.1, 0.15) is 24.0 Å². The lowest BCUT2D eigenvalue weighted by Crippen LogP contribution is -2.00. The maximum Gasteiger partial charge on any atom is 0.163 e. The zero-order chi connectivity index (χ0) is 17.6. The zero-order valence-corrected chi connectivity index (χ0v) is 14.4. The molecular formula is C19H19N5O. The van der Waals surface area contributed by atoms with Gasteiger partial charge < -0.3 is 5.11 Å². The molecule has 6 nitrogen and oxygen atoms in total. The molecule has 1 aromatic carbocycles. The minimum Gasteiger partial charge on any atom is -0.507 e. The fraction of sp³-hybridized carbons (Fsp3) is 0.211. The Kier molecular flexibility index (Phi) is 3.53. The molecule has 0 radical (unpaired) electrons. The van der Waals surface area contributed by atoms with E-state index in [-0.39, 0.29) is 5.75 Å². The molecular weight excluding hydrogens is 314 g/mol. The third kappa shape index (κ3) is 2.46. The Morgan fingerprint density at radius 3 is 2.68 bits per heavy atom. The van der Waals surface area contributed by atoms with Crippen LogP contribution < -0.4 is 0 Å². The Morgan fingerprint density at radius 1 is 1.16 bits per heavy atom. The molecule has 0 saturated heterocycles. The molecule has 6 heteroatoms. The second-order valence-corrected chi connectivity index (χ2v) is 6.09. The first-order chi connectivity index (χ1) is 12.1. The fourth-order valence-electron chi connectivity index (χ4n) is 3.18. The highest BCUT2D eigenvalue weighted by Gasteiger charge is 2.18. The average molecular weight is 333 g/mol. The molecule has 3 aromatic heterocycles. The standard InChI is InChI=1S/C19H19N5O/c1-4-14-10-12(2)21-19-18(13(3)22-24(14)19)16-7-6-15(11-17(16)25)23-9-5-8-20-23/h5-11,25H,4H2,1-3H3. The van der Waals surface area contributed by atoms with Crippen molar-refractivity contribution in [2.24, 2.45) is 0 Å². The fourth-order valence-corrected chi connectivity index (χ4v) is 3.18. The Balaban J connectivity index is 1.93. The molecule has 0 fully saturated rings. The van der Waals surface area contributed by atoms with E-state index in [1.807, 2.05) is 48.8 Å². The van der Waals surface area contributed by atoms with E-state index in [2.05, 4.69) is 22.1 Å². The first-order valence-electron chi connectivity index (χ1n) is 8.27. The predicted molar refractivity (Wildman–Crippen MR) is 96.1 cm³/mol. The van der Waals surface area contributed by atoms with Crippen LogP contribution in [0.5, 0.6) is 5.75 Å². The van der Waals surface area contributed by atoms with Gasteiger partial charge in [0.2, 0.25) is 0 Å². The van der Waals surface area contributed by atoms with Gasteiger partial charge in [-0.05, 0) is 44.5 Å². The normalized spacial score (nSPS) is 11.3. The number of phenols is 1. The van der Waals surface area contributed by atoms with Gasteiger partial charge >= 0.3 is 0 Å². The van der Waals surface area contributed by atoms with Crippen molar-refractivity contribution in [2.75, 3.05) is 0 Å². The van der Waals surface area contributed by atoms with E-state index in [1.165, 1.54) is 0 Å². The van der Waals surface area contributed by atoms with Crippen molar-refractivity contribution in [1.29, 1.82) is 0 Å². The molecule has 0 amide bonds. The first kappa shape index (κ1) is 15.4. The number of rotatable bonds is 3. The van der Waals surface area contributed by atoms with E-state index < -0.39 is 0 Å². The summed E-state index contributed by atoms with van der Waals surface area (Å²) in [5.41, 5.74) is 6.05. The number of aromatic hydroxyl groups is 1. The molecule has 0 atom stereocenters. The highest BCUT2D eigenvalue weighted by Crippen LogP contribution is 2.35. The van der Waals surface area contributed by atoms with Crippen molar-refractivity contribution in [3.8, 4) is 22.6 Å². The Bertz CT molecular complexity index is 1060. The largest absolute Gasteiger partial charge is 0.507 e. The average Bonchev–Trinajstić information content (AvgIpc) is 3.22. The van der Waals surface area contributed by atoms with Crippen molar-refractivity contribution < 1.29 is 5.11 Å². The number of aryl methyl sites for hydroxylation is 3. The van der Waals surface area contributed by atoms with Gasteiger partial charge in [0.05, 0.1) is 16.9 Å². The van der Waals surface area contributed by atoms with Gasteiger partial charge in [-0.25, -0.2) is 14.2 Å². The summed E-state index contributed by atoms with van der Waals surface area (Å²) in [6, 6.07) is 9.43. The second kappa shape index (κ2) is 5.73. The number of aromatic nitrogens is 5. The molecule has 0 aliphatic heterocycles. The van der Waals surface area contributed by atoms with E-state index >= 15 is 0 Å². The van der Waals surface area contributed by atoms with Crippen LogP contribution in [0, 0.1) is 13.8 Å². The SMILES string of the molecule is CCc1cc(C)nc2c(-c3ccc(-n4cccn4)cc3O)c(C)nn12. The van der Waals surface area contributed by atoms with Crippen molar-refractivity contribution in [2.45, 2.75) is 27.2 Å². The Morgan fingerprint density at radius 2 is 2.00 bits per heavy atom. The molecule has 3 heterocycles. The molecule has 0 spiro atoms. The summed E-state index contributed by atoms with van der Waals surface area (Å²) in [6.07, 6.45) is 4.41. The maximum atomic E-state index is 10.6. The Labute approximate surface area is 145 Å². The molecule has 0 unspecified atom stereocenters. The molecule has 4 aromatic rings. The van der Waals surface area contributed by atoms with Crippen molar-refractivity contribution >= 4 is 5.65 Å². The second-order valence-electron chi connectivity index (χ2n) is 6.09. The highest BCUT2D eigenvalue weighted by atomic mass is 16.3. The first-order valence-corrected chi connectivity index (χ1v) is 8.27. The Hall–Kier alpha value is -3.15. The minimum atomic E-state index is 0.187. The van der Waals surface area contributed by atoms with Crippen molar-refractivity contribution in [3.63, 3.8) is 0 Å². The van der Waals surface area contributed by atoms with E-state index in [0.717, 1.165) is 46.0 Å². The van der Waals surface area contributed by atoms with Gasteiger partial charge in [-0.3, -0.25) is 0 Å². The summed E-state index contributed by atoms with van der Waals surface area (Å²) < 4.78 is 3.59. The van der Waals surface area contributed by atoms with Gasteiger partial charge in [0.15, 0.2) is 5.65 Å². The highest BCUT2D eigenvalue weighted by molar-refractivity contribution is 5.84. The summed E-state index contributed by atoms with van der Waals surface area (Å²) in [6.45, 7) is 6.02. The van der Waals surface area contributed by atoms with Gasteiger partial charge in [0, 0.05) is 35.4 Å². The van der Waals surface area contributed by atoms with Gasteiger partial charge in [-0.1, -0.05) is 6.92 Å². The lowest BCUT2D eigenvalue weighted by Gasteiger charge is -2.08. The van der Waals surface area contributed by atoms with Gasteiger partial charge in [0.25, 0.3) is 0 Å². The number of phenolic OH excluding ortho intramolecular Hbond substituents is 1. The van der Waals surface area contributed by atoms with E-state index in [0.29, 0.717) is 0 Å². The molecule has 1 N–H and O–H groups in total. The molecule has 0 saturated carbocycles. The van der Waals surface area contributed by atoms with Gasteiger partial charge in [0.1, 0.15) is 5.75 Å². The molecule has 0 bridgehead atoms. The van der Waals surface area contributed by atoms with Crippen LogP contribution in [0.2, 0.25) is 0 Å². The van der Waals surface area contributed by atoms with E-state index in [4.69, 9.17) is 0 Å². The number of nitrogens with zero attached hydrogens (tertiary/aromatic N) is 5. The summed E-state index contributed by atoms with van der Waals surface area (Å²) in [5.74, 6) is 0.187. The summed E-state index contributed by atoms with van der Waals surface area (Å²) in [7, 11) is 0. The van der Waals surface area contributed by atoms with Gasteiger partial charge in [-0.15, -0.1) is 0 Å². The quantitative estimate of drug-likeness (QED) is 0.623. The minimum absolute atomic E-state index is 0.187. The van der Waals surface area contributed by atoms with E-state index in [1.54, 1.807) is 16.9 Å². The lowest BCUT2D eigenvalue weighted by atomic mass is 10.0. The zero-order valence-electron chi connectivity index (χ0n) is 14.4.